The molecule has 0 saturated heterocycles. The zero-order valence-corrected chi connectivity index (χ0v) is 17.1. The second-order valence-corrected chi connectivity index (χ2v) is 6.33. The Morgan fingerprint density at radius 3 is 2.06 bits per heavy atom. The average Bonchev–Trinajstić information content (AvgIpc) is 2.80. The number of halogens is 2. The van der Waals surface area contributed by atoms with Crippen molar-refractivity contribution in [3.63, 3.8) is 0 Å². The molecular weight excluding hydrogens is 444 g/mol. The predicted molar refractivity (Wildman–Crippen MR) is 111 cm³/mol. The van der Waals surface area contributed by atoms with Gasteiger partial charge in [0.1, 0.15) is 18.0 Å². The van der Waals surface area contributed by atoms with Gasteiger partial charge in [-0.25, -0.2) is 28.3 Å². The fraction of sp³-hybridized carbons (Fsp3) is 0.100. The molecule has 3 rings (SSSR count). The third-order valence-corrected chi connectivity index (χ3v) is 4.22. The highest BCUT2D eigenvalue weighted by molar-refractivity contribution is 5.97. The first-order valence-electron chi connectivity index (χ1n) is 9.03. The molecule has 0 unspecified atom stereocenters. The Balaban J connectivity index is 2.06. The number of nitrogens with one attached hydrogen (secondary N) is 2. The number of nitro groups is 1. The van der Waals surface area contributed by atoms with Gasteiger partial charge in [0.05, 0.1) is 36.0 Å². The van der Waals surface area contributed by atoms with Crippen LogP contribution in [-0.4, -0.2) is 41.0 Å². The molecule has 0 fully saturated rings. The lowest BCUT2D eigenvalue weighted by Gasteiger charge is -2.12. The van der Waals surface area contributed by atoms with Crippen molar-refractivity contribution in [2.45, 2.75) is 0 Å². The molecule has 13 heteroatoms. The second kappa shape index (κ2) is 9.64. The second-order valence-electron chi connectivity index (χ2n) is 6.33. The van der Waals surface area contributed by atoms with Crippen LogP contribution in [0, 0.1) is 21.7 Å². The zero-order chi connectivity index (χ0) is 24.1. The zero-order valence-electron chi connectivity index (χ0n) is 17.1. The Hall–Kier alpha value is -4.68. The quantitative estimate of drug-likeness (QED) is 0.304. The summed E-state index contributed by atoms with van der Waals surface area (Å²) in [7, 11) is 2.28. The van der Waals surface area contributed by atoms with Gasteiger partial charge in [0.25, 0.3) is 0 Å². The Morgan fingerprint density at radius 1 is 0.939 bits per heavy atom. The molecule has 1 heterocycles. The van der Waals surface area contributed by atoms with Gasteiger partial charge < -0.3 is 20.1 Å². The van der Waals surface area contributed by atoms with E-state index in [1.165, 1.54) is 18.2 Å². The van der Waals surface area contributed by atoms with Gasteiger partial charge in [-0.3, -0.25) is 10.1 Å². The van der Waals surface area contributed by atoms with E-state index in [2.05, 4.69) is 30.1 Å². The number of carbonyl (C=O) groups excluding carboxylic acids is 2. The molecule has 0 atom stereocenters. The Labute approximate surface area is 184 Å². The summed E-state index contributed by atoms with van der Waals surface area (Å²) in [4.78, 5) is 42.4. The summed E-state index contributed by atoms with van der Waals surface area (Å²) in [6, 6.07) is 6.28. The minimum Gasteiger partial charge on any atom is -0.465 e. The first kappa shape index (κ1) is 23.0. The van der Waals surface area contributed by atoms with Crippen LogP contribution in [0.5, 0.6) is 0 Å². The minimum absolute atomic E-state index is 0.0419. The van der Waals surface area contributed by atoms with Gasteiger partial charge in [-0.15, -0.1) is 0 Å². The molecule has 0 aliphatic rings. The van der Waals surface area contributed by atoms with Crippen LogP contribution in [0.25, 0.3) is 0 Å². The lowest BCUT2D eigenvalue weighted by molar-refractivity contribution is -0.383. The summed E-state index contributed by atoms with van der Waals surface area (Å²) < 4.78 is 36.8. The third kappa shape index (κ3) is 5.15. The Kier molecular flexibility index (Phi) is 6.71. The first-order chi connectivity index (χ1) is 15.7. The molecule has 0 bridgehead atoms. The third-order valence-electron chi connectivity index (χ3n) is 4.22. The van der Waals surface area contributed by atoms with E-state index < -0.39 is 40.0 Å². The number of nitrogens with zero attached hydrogens (tertiary/aromatic N) is 3. The first-order valence-corrected chi connectivity index (χ1v) is 9.03. The molecule has 3 aromatic rings. The van der Waals surface area contributed by atoms with E-state index in [1.54, 1.807) is 0 Å². The molecule has 11 nitrogen and oxygen atoms in total. The standard InChI is InChI=1S/C20H15F2N5O6/c1-32-19(28)10-5-11(20(29)33-2)7-13(6-10)25-17-16(27(30)31)18(24-9-23-17)26-15-8-12(21)3-4-14(15)22/h3-9H,1-2H3,(H2,23,24,25,26). The molecule has 2 N–H and O–H groups in total. The Morgan fingerprint density at radius 2 is 1.52 bits per heavy atom. The summed E-state index contributed by atoms with van der Waals surface area (Å²) in [5.74, 6) is -3.97. The lowest BCUT2D eigenvalue weighted by Crippen LogP contribution is -2.09. The molecule has 2 aromatic carbocycles. The molecule has 0 amide bonds. The highest BCUT2D eigenvalue weighted by atomic mass is 19.1. The summed E-state index contributed by atoms with van der Waals surface area (Å²) in [6.45, 7) is 0. The van der Waals surface area contributed by atoms with Gasteiger partial charge in [-0.1, -0.05) is 0 Å². The number of hydrogen-bond acceptors (Lipinski definition) is 10. The van der Waals surface area contributed by atoms with Crippen LogP contribution in [0.3, 0.4) is 0 Å². The summed E-state index contributed by atoms with van der Waals surface area (Å²) in [5, 5.41) is 16.7. The van der Waals surface area contributed by atoms with E-state index in [0.717, 1.165) is 38.7 Å². The van der Waals surface area contributed by atoms with E-state index in [-0.39, 0.29) is 28.3 Å². The van der Waals surface area contributed by atoms with Crippen molar-refractivity contribution in [2.24, 2.45) is 0 Å². The van der Waals surface area contributed by atoms with E-state index in [9.17, 15) is 28.5 Å². The average molecular weight is 459 g/mol. The van der Waals surface area contributed by atoms with Crippen molar-refractivity contribution >= 4 is 40.6 Å². The monoisotopic (exact) mass is 459 g/mol. The molecule has 170 valence electrons. The van der Waals surface area contributed by atoms with Crippen molar-refractivity contribution in [1.82, 2.24) is 9.97 Å². The molecule has 0 aliphatic carbocycles. The van der Waals surface area contributed by atoms with Crippen molar-refractivity contribution in [3.05, 3.63) is 75.6 Å². The SMILES string of the molecule is COC(=O)c1cc(Nc2ncnc(Nc3cc(F)ccc3F)c2[N+](=O)[O-])cc(C(=O)OC)c1. The van der Waals surface area contributed by atoms with Gasteiger partial charge in [0.2, 0.25) is 11.6 Å². The molecule has 0 spiro atoms. The number of hydrogen-bond donors (Lipinski definition) is 2. The molecule has 33 heavy (non-hydrogen) atoms. The van der Waals surface area contributed by atoms with E-state index in [1.807, 2.05) is 0 Å². The van der Waals surface area contributed by atoms with Crippen LogP contribution in [0.15, 0.2) is 42.7 Å². The van der Waals surface area contributed by atoms with Crippen molar-refractivity contribution in [2.75, 3.05) is 24.9 Å². The number of methoxy groups -OCH3 is 2. The van der Waals surface area contributed by atoms with Gasteiger partial charge in [-0.05, 0) is 30.3 Å². The maximum absolute atomic E-state index is 14.0. The number of ether oxygens (including phenoxy) is 2. The number of carbonyl (C=O) groups is 2. The van der Waals surface area contributed by atoms with E-state index >= 15 is 0 Å². The number of anilines is 4. The Bertz CT molecular complexity index is 1220. The minimum atomic E-state index is -0.868. The highest BCUT2D eigenvalue weighted by Crippen LogP contribution is 2.34. The largest absolute Gasteiger partial charge is 0.465 e. The lowest BCUT2D eigenvalue weighted by atomic mass is 10.1. The van der Waals surface area contributed by atoms with E-state index in [0.29, 0.717) is 0 Å². The van der Waals surface area contributed by atoms with Crippen molar-refractivity contribution < 1.29 is 32.8 Å². The number of benzene rings is 2. The molecule has 0 saturated carbocycles. The van der Waals surface area contributed by atoms with Gasteiger partial charge in [0, 0.05) is 11.8 Å². The van der Waals surface area contributed by atoms with Gasteiger partial charge >= 0.3 is 17.6 Å². The molecule has 1 aromatic heterocycles. The number of aromatic nitrogens is 2. The fourth-order valence-corrected chi connectivity index (χ4v) is 2.76. The van der Waals surface area contributed by atoms with Crippen molar-refractivity contribution in [1.29, 1.82) is 0 Å². The summed E-state index contributed by atoms with van der Waals surface area (Å²) in [5.41, 5.74) is -1.12. The van der Waals surface area contributed by atoms with Crippen LogP contribution < -0.4 is 10.6 Å². The smallest absolute Gasteiger partial charge is 0.353 e. The van der Waals surface area contributed by atoms with Crippen LogP contribution in [0.2, 0.25) is 0 Å². The molecule has 0 radical (unpaired) electrons. The topological polar surface area (TPSA) is 146 Å². The van der Waals surface area contributed by atoms with E-state index in [4.69, 9.17) is 0 Å². The fourth-order valence-electron chi connectivity index (χ4n) is 2.76. The number of rotatable bonds is 7. The molecule has 0 aliphatic heterocycles. The molecular formula is C20H15F2N5O6. The van der Waals surface area contributed by atoms with Crippen LogP contribution >= 0.6 is 0 Å². The van der Waals surface area contributed by atoms with Gasteiger partial charge in [-0.2, -0.15) is 0 Å². The summed E-state index contributed by atoms with van der Waals surface area (Å²) >= 11 is 0. The maximum Gasteiger partial charge on any atom is 0.353 e. The van der Waals surface area contributed by atoms with Crippen molar-refractivity contribution in [3.8, 4) is 0 Å². The summed E-state index contributed by atoms with van der Waals surface area (Å²) in [6.07, 6.45) is 0.945. The number of esters is 2. The normalized spacial score (nSPS) is 10.3. The predicted octanol–water partition coefficient (Wildman–Crippen LogP) is 3.72. The van der Waals surface area contributed by atoms with Gasteiger partial charge in [0.15, 0.2) is 0 Å². The van der Waals surface area contributed by atoms with Crippen LogP contribution in [0.4, 0.5) is 37.5 Å². The maximum atomic E-state index is 14.0. The van der Waals surface area contributed by atoms with Crippen LogP contribution in [-0.2, 0) is 9.47 Å². The van der Waals surface area contributed by atoms with Crippen LogP contribution in [0.1, 0.15) is 20.7 Å². The highest BCUT2D eigenvalue weighted by Gasteiger charge is 2.25.